The molecule has 1 aromatic carbocycles. The smallest absolute Gasteiger partial charge is 0.257 e. The lowest BCUT2D eigenvalue weighted by molar-refractivity contribution is 0.454. The number of hydrogen-bond donors (Lipinski definition) is 2. The van der Waals surface area contributed by atoms with Crippen LogP contribution in [0.2, 0.25) is 0 Å². The summed E-state index contributed by atoms with van der Waals surface area (Å²) in [5.41, 5.74) is 0.480. The molecule has 2 N–H and O–H groups in total. The summed E-state index contributed by atoms with van der Waals surface area (Å²) >= 11 is 5.00. The van der Waals surface area contributed by atoms with Gasteiger partial charge >= 0.3 is 0 Å². The average Bonchev–Trinajstić information content (AvgIpc) is 2.09. The predicted molar refractivity (Wildman–Crippen MR) is 49.0 cm³/mol. The molecule has 0 aliphatic rings. The summed E-state index contributed by atoms with van der Waals surface area (Å²) in [6.07, 6.45) is 0. The fraction of sp³-hybridized carbons (Fsp3) is 0.143. The van der Waals surface area contributed by atoms with Crippen LogP contribution in [0.4, 0.5) is 0 Å². The van der Waals surface area contributed by atoms with Crippen LogP contribution in [0.1, 0.15) is 5.56 Å². The van der Waals surface area contributed by atoms with E-state index >= 15 is 0 Å². The van der Waals surface area contributed by atoms with Crippen molar-refractivity contribution in [1.29, 1.82) is 0 Å². The Labute approximate surface area is 81.3 Å². The van der Waals surface area contributed by atoms with Crippen molar-refractivity contribution >= 4 is 21.8 Å². The molecule has 0 amide bonds. The molecule has 0 bridgehead atoms. The third kappa shape index (κ3) is 1.93. The molecule has 0 atom stereocenters. The SMILES string of the molecule is Cc1cccc(S(=O)(=O)NCl)c1O. The highest BCUT2D eigenvalue weighted by Crippen LogP contribution is 2.25. The van der Waals surface area contributed by atoms with Gasteiger partial charge in [-0.25, -0.2) is 8.42 Å². The van der Waals surface area contributed by atoms with Crippen LogP contribution in [0.15, 0.2) is 23.1 Å². The first kappa shape index (κ1) is 10.3. The van der Waals surface area contributed by atoms with Gasteiger partial charge in [0.15, 0.2) is 0 Å². The summed E-state index contributed by atoms with van der Waals surface area (Å²) in [6.45, 7) is 1.60. The van der Waals surface area contributed by atoms with Crippen molar-refractivity contribution in [3.8, 4) is 5.75 Å². The van der Waals surface area contributed by atoms with E-state index in [0.29, 0.717) is 5.56 Å². The van der Waals surface area contributed by atoms with Gasteiger partial charge in [-0.1, -0.05) is 12.1 Å². The Bertz CT molecular complexity index is 416. The molecular weight excluding hydrogens is 214 g/mol. The predicted octanol–water partition coefficient (Wildman–Crippen LogP) is 1.13. The van der Waals surface area contributed by atoms with E-state index in [1.807, 2.05) is 0 Å². The number of para-hydroxylation sites is 1. The maximum Gasteiger partial charge on any atom is 0.257 e. The highest BCUT2D eigenvalue weighted by Gasteiger charge is 2.17. The van der Waals surface area contributed by atoms with Gasteiger partial charge in [-0.05, 0) is 30.3 Å². The van der Waals surface area contributed by atoms with E-state index in [-0.39, 0.29) is 10.6 Å². The van der Waals surface area contributed by atoms with Gasteiger partial charge in [0.1, 0.15) is 10.6 Å². The Morgan fingerprint density at radius 2 is 2.08 bits per heavy atom. The first-order valence-corrected chi connectivity index (χ1v) is 5.26. The normalized spacial score (nSPS) is 11.5. The van der Waals surface area contributed by atoms with Crippen molar-refractivity contribution in [3.63, 3.8) is 0 Å². The van der Waals surface area contributed by atoms with Crippen LogP contribution in [-0.4, -0.2) is 13.5 Å². The summed E-state index contributed by atoms with van der Waals surface area (Å²) < 4.78 is 24.0. The number of rotatable bonds is 2. The highest BCUT2D eigenvalue weighted by atomic mass is 35.5. The lowest BCUT2D eigenvalue weighted by Crippen LogP contribution is -2.13. The molecule has 6 heteroatoms. The number of halogens is 1. The standard InChI is InChI=1S/C7H8ClNO3S/c1-5-3-2-4-6(7(5)10)13(11,12)9-8/h2-4,9-10H,1H3. The summed E-state index contributed by atoms with van der Waals surface area (Å²) in [7, 11) is -3.79. The van der Waals surface area contributed by atoms with E-state index in [1.165, 1.54) is 12.1 Å². The van der Waals surface area contributed by atoms with Crippen LogP contribution in [0, 0.1) is 6.92 Å². The largest absolute Gasteiger partial charge is 0.506 e. The van der Waals surface area contributed by atoms with Gasteiger partial charge in [0, 0.05) is 0 Å². The van der Waals surface area contributed by atoms with Crippen LogP contribution in [0.5, 0.6) is 5.75 Å². The Morgan fingerprint density at radius 3 is 2.62 bits per heavy atom. The van der Waals surface area contributed by atoms with Gasteiger partial charge in [0.25, 0.3) is 10.0 Å². The van der Waals surface area contributed by atoms with Gasteiger partial charge in [0.05, 0.1) is 0 Å². The molecule has 4 nitrogen and oxygen atoms in total. The second kappa shape index (κ2) is 3.53. The third-order valence-electron chi connectivity index (χ3n) is 1.59. The molecule has 0 fully saturated rings. The number of nitrogens with one attached hydrogen (secondary N) is 1. The highest BCUT2D eigenvalue weighted by molar-refractivity contribution is 7.90. The van der Waals surface area contributed by atoms with Gasteiger partial charge in [0.2, 0.25) is 0 Å². The first-order chi connectivity index (χ1) is 5.99. The summed E-state index contributed by atoms with van der Waals surface area (Å²) in [5, 5.41) is 9.39. The quantitative estimate of drug-likeness (QED) is 0.736. The van der Waals surface area contributed by atoms with Crippen molar-refractivity contribution in [2.75, 3.05) is 0 Å². The van der Waals surface area contributed by atoms with E-state index < -0.39 is 10.0 Å². The molecule has 0 aliphatic carbocycles. The summed E-state index contributed by atoms with van der Waals surface area (Å²) in [6, 6.07) is 4.39. The number of phenols is 1. The Balaban J connectivity index is 3.40. The molecule has 0 radical (unpaired) electrons. The zero-order valence-corrected chi connectivity index (χ0v) is 8.35. The van der Waals surface area contributed by atoms with Crippen molar-refractivity contribution in [2.45, 2.75) is 11.8 Å². The minimum Gasteiger partial charge on any atom is -0.506 e. The molecule has 1 aromatic rings. The maximum atomic E-state index is 11.2. The topological polar surface area (TPSA) is 66.4 Å². The molecule has 0 unspecified atom stereocenters. The average molecular weight is 222 g/mol. The molecule has 13 heavy (non-hydrogen) atoms. The maximum absolute atomic E-state index is 11.2. The van der Waals surface area contributed by atoms with E-state index in [2.05, 4.69) is 0 Å². The van der Waals surface area contributed by atoms with Gasteiger partial charge < -0.3 is 5.11 Å². The van der Waals surface area contributed by atoms with Crippen LogP contribution >= 0.6 is 11.8 Å². The molecule has 0 heterocycles. The van der Waals surface area contributed by atoms with E-state index in [1.54, 1.807) is 17.2 Å². The Morgan fingerprint density at radius 1 is 1.46 bits per heavy atom. The monoisotopic (exact) mass is 221 g/mol. The van der Waals surface area contributed by atoms with Gasteiger partial charge in [-0.3, -0.25) is 0 Å². The summed E-state index contributed by atoms with van der Waals surface area (Å²) in [4.78, 5) is -0.220. The van der Waals surface area contributed by atoms with Crippen molar-refractivity contribution in [2.24, 2.45) is 0 Å². The van der Waals surface area contributed by atoms with Crippen LogP contribution in [0.3, 0.4) is 0 Å². The van der Waals surface area contributed by atoms with Crippen LogP contribution in [0.25, 0.3) is 0 Å². The van der Waals surface area contributed by atoms with Gasteiger partial charge in [-0.15, -0.1) is 4.24 Å². The minimum absolute atomic E-state index is 0.220. The number of benzene rings is 1. The molecule has 0 saturated heterocycles. The number of phenolic OH excluding ortho intramolecular Hbond substituents is 1. The third-order valence-corrected chi connectivity index (χ3v) is 3.31. The van der Waals surface area contributed by atoms with E-state index in [9.17, 15) is 13.5 Å². The molecule has 0 spiro atoms. The second-order valence-corrected chi connectivity index (χ2v) is 4.57. The van der Waals surface area contributed by atoms with Crippen molar-refractivity contribution in [1.82, 2.24) is 4.24 Å². The lowest BCUT2D eigenvalue weighted by Gasteiger charge is -2.05. The molecule has 0 saturated carbocycles. The van der Waals surface area contributed by atoms with Crippen molar-refractivity contribution in [3.05, 3.63) is 23.8 Å². The number of aryl methyl sites for hydroxylation is 1. The molecule has 0 aliphatic heterocycles. The molecule has 1 rings (SSSR count). The van der Waals surface area contributed by atoms with E-state index in [0.717, 1.165) is 0 Å². The summed E-state index contributed by atoms with van der Waals surface area (Å²) in [5.74, 6) is -0.282. The number of aromatic hydroxyl groups is 1. The van der Waals surface area contributed by atoms with Crippen LogP contribution in [-0.2, 0) is 10.0 Å². The van der Waals surface area contributed by atoms with Crippen LogP contribution < -0.4 is 4.24 Å². The van der Waals surface area contributed by atoms with Crippen molar-refractivity contribution < 1.29 is 13.5 Å². The number of sulfonamides is 1. The van der Waals surface area contributed by atoms with E-state index in [4.69, 9.17) is 11.8 Å². The second-order valence-electron chi connectivity index (χ2n) is 2.50. The fourth-order valence-electron chi connectivity index (χ4n) is 0.890. The molecule has 0 aromatic heterocycles. The fourth-order valence-corrected chi connectivity index (χ4v) is 1.90. The number of hydrogen-bond acceptors (Lipinski definition) is 3. The Kier molecular flexibility index (Phi) is 2.80. The molecule has 72 valence electrons. The first-order valence-electron chi connectivity index (χ1n) is 3.40. The lowest BCUT2D eigenvalue weighted by atomic mass is 10.2. The van der Waals surface area contributed by atoms with Gasteiger partial charge in [-0.2, -0.15) is 0 Å². The minimum atomic E-state index is -3.79. The zero-order chi connectivity index (χ0) is 10.1. The Hall–Kier alpha value is -0.780. The molecular formula is C7H8ClNO3S. The zero-order valence-electron chi connectivity index (χ0n) is 6.78.